The van der Waals surface area contributed by atoms with Crippen LogP contribution >= 0.6 is 0 Å². The molecule has 1 fully saturated rings. The molecule has 1 saturated carbocycles. The van der Waals surface area contributed by atoms with E-state index in [2.05, 4.69) is 31.3 Å². The number of ketones is 1. The number of hydrogen-bond donors (Lipinski definition) is 8. The van der Waals surface area contributed by atoms with Gasteiger partial charge in [-0.05, 0) is 63.4 Å². The highest BCUT2D eigenvalue weighted by atomic mass is 32.2. The molecule has 5 amide bonds. The van der Waals surface area contributed by atoms with Gasteiger partial charge in [0.15, 0.2) is 6.04 Å². The molecular formula is C37H58N6O11S. The van der Waals surface area contributed by atoms with Gasteiger partial charge in [0.1, 0.15) is 17.6 Å². The summed E-state index contributed by atoms with van der Waals surface area (Å²) in [5.74, 6) is -7.28. The summed E-state index contributed by atoms with van der Waals surface area (Å²) in [5.41, 5.74) is -1.31. The molecule has 0 bridgehead atoms. The molecule has 3 unspecified atom stereocenters. The zero-order valence-corrected chi connectivity index (χ0v) is 33.3. The minimum absolute atomic E-state index is 0.0372. The molecule has 18 heteroatoms. The molecule has 17 nitrogen and oxygen atoms in total. The number of aliphatic carboxylic acids is 1. The van der Waals surface area contributed by atoms with E-state index in [9.17, 15) is 52.2 Å². The second-order valence-corrected chi connectivity index (χ2v) is 16.6. The van der Waals surface area contributed by atoms with Crippen LogP contribution in [0.25, 0.3) is 0 Å². The van der Waals surface area contributed by atoms with Crippen molar-refractivity contribution in [3.8, 4) is 0 Å². The average Bonchev–Trinajstić information content (AvgIpc) is 3.11. The van der Waals surface area contributed by atoms with Gasteiger partial charge in [-0.3, -0.25) is 28.8 Å². The third-order valence-electron chi connectivity index (χ3n) is 9.38. The molecule has 1 aliphatic rings. The van der Waals surface area contributed by atoms with E-state index in [4.69, 9.17) is 0 Å². The number of sulfonamides is 1. The third-order valence-corrected chi connectivity index (χ3v) is 10.1. The van der Waals surface area contributed by atoms with Crippen LogP contribution in [0.3, 0.4) is 0 Å². The number of amides is 5. The smallest absolute Gasteiger partial charge is 0.330 e. The normalized spacial score (nSPS) is 17.3. The van der Waals surface area contributed by atoms with E-state index in [1.165, 1.54) is 26.0 Å². The summed E-state index contributed by atoms with van der Waals surface area (Å²) in [4.78, 5) is 92.1. The summed E-state index contributed by atoms with van der Waals surface area (Å²) in [6, 6.07) is 2.55. The first kappa shape index (κ1) is 46.7. The van der Waals surface area contributed by atoms with Gasteiger partial charge in [-0.15, -0.1) is 0 Å². The number of nitrogens with one attached hydrogen (secondary N) is 6. The number of carboxylic acids is 1. The van der Waals surface area contributed by atoms with Crippen LogP contribution in [0.15, 0.2) is 30.3 Å². The van der Waals surface area contributed by atoms with Gasteiger partial charge in [0.05, 0.1) is 24.9 Å². The second kappa shape index (κ2) is 21.6. The lowest BCUT2D eigenvalue weighted by Crippen LogP contribution is -2.66. The zero-order chi connectivity index (χ0) is 41.5. The predicted octanol–water partition coefficient (Wildman–Crippen LogP) is 0.574. The van der Waals surface area contributed by atoms with Gasteiger partial charge in [-0.25, -0.2) is 17.9 Å². The van der Waals surface area contributed by atoms with Gasteiger partial charge in [0.25, 0.3) is 5.91 Å². The molecule has 1 aliphatic carbocycles. The van der Waals surface area contributed by atoms with Crippen LogP contribution in [0.4, 0.5) is 0 Å². The largest absolute Gasteiger partial charge is 0.479 e. The minimum atomic E-state index is -3.89. The fourth-order valence-electron chi connectivity index (χ4n) is 6.57. The van der Waals surface area contributed by atoms with E-state index in [0.717, 1.165) is 25.5 Å². The standard InChI is InChI=1S/C37H58N6O11S/c1-7-14-26(31(46)34(49)38-21-29(45)41-30(35(50)51)24-15-10-8-11-16-24)39-32(47)27(19-22(2)3)40-36(52)37(5,25-17-12-9-13-18-25)42-33(48)28(20-23(4)44)43-55(6,53)54/h8,10-11,15-16,22-23,25-28,30,43-44H,7,9,12-14,17-21H2,1-6H3,(H,38,49)(H,39,47)(H,40,52)(H,41,45)(H,42,48)(H,50,51)/t23?,26?,27-,28?,30-,37-/m0/s1. The summed E-state index contributed by atoms with van der Waals surface area (Å²) >= 11 is 0. The van der Waals surface area contributed by atoms with Crippen molar-refractivity contribution in [3.05, 3.63) is 35.9 Å². The number of carboxylic acid groups (broad SMARTS) is 1. The van der Waals surface area contributed by atoms with E-state index in [1.807, 2.05) is 13.8 Å². The number of rotatable bonds is 22. The van der Waals surface area contributed by atoms with Gasteiger partial charge >= 0.3 is 5.97 Å². The van der Waals surface area contributed by atoms with Crippen molar-refractivity contribution in [3.63, 3.8) is 0 Å². The molecule has 0 radical (unpaired) electrons. The summed E-state index contributed by atoms with van der Waals surface area (Å²) in [5, 5.41) is 32.1. The zero-order valence-electron chi connectivity index (χ0n) is 32.5. The fourth-order valence-corrected chi connectivity index (χ4v) is 7.29. The Kier molecular flexibility index (Phi) is 18.4. The number of Topliss-reactive ketones (excluding diaryl/α,β-unsaturated/α-hetero) is 1. The average molecular weight is 795 g/mol. The van der Waals surface area contributed by atoms with Gasteiger partial charge < -0.3 is 36.8 Å². The maximum absolute atomic E-state index is 14.2. The molecule has 0 aliphatic heterocycles. The SMILES string of the molecule is CCCC(NC(=O)[C@H](CC(C)C)NC(=O)[C@@](C)(NC(=O)C(CC(C)O)NS(C)(=O)=O)C1CCCCC1)C(=O)C(=O)NCC(=O)N[C@H](C(=O)O)c1ccccc1. The molecule has 0 saturated heterocycles. The Labute approximate surface area is 323 Å². The van der Waals surface area contributed by atoms with E-state index in [1.54, 1.807) is 25.1 Å². The lowest BCUT2D eigenvalue weighted by Gasteiger charge is -2.41. The molecule has 8 N–H and O–H groups in total. The Bertz CT molecular complexity index is 1620. The monoisotopic (exact) mass is 794 g/mol. The molecule has 1 aromatic rings. The molecule has 1 aromatic carbocycles. The maximum Gasteiger partial charge on any atom is 0.330 e. The molecule has 55 heavy (non-hydrogen) atoms. The lowest BCUT2D eigenvalue weighted by molar-refractivity contribution is -0.143. The maximum atomic E-state index is 14.2. The summed E-state index contributed by atoms with van der Waals surface area (Å²) in [6.45, 7) is 7.54. The van der Waals surface area contributed by atoms with Crippen LogP contribution in [0, 0.1) is 11.8 Å². The molecule has 6 atom stereocenters. The quantitative estimate of drug-likeness (QED) is 0.0753. The van der Waals surface area contributed by atoms with Crippen LogP contribution in [-0.2, 0) is 43.6 Å². The Morgan fingerprint density at radius 3 is 2.00 bits per heavy atom. The summed E-state index contributed by atoms with van der Waals surface area (Å²) in [6.07, 6.45) is 3.66. The number of benzene rings is 1. The van der Waals surface area contributed by atoms with E-state index in [-0.39, 0.29) is 31.1 Å². The van der Waals surface area contributed by atoms with Crippen LogP contribution < -0.4 is 31.3 Å². The minimum Gasteiger partial charge on any atom is -0.479 e. The number of carbonyl (C=O) groups is 7. The highest BCUT2D eigenvalue weighted by Gasteiger charge is 2.45. The van der Waals surface area contributed by atoms with Crippen molar-refractivity contribution < 1.29 is 52.2 Å². The molecule has 0 spiro atoms. The van der Waals surface area contributed by atoms with Crippen LogP contribution in [0.2, 0.25) is 0 Å². The first-order chi connectivity index (χ1) is 25.7. The number of aliphatic hydroxyl groups is 1. The van der Waals surface area contributed by atoms with E-state index >= 15 is 0 Å². The Hall–Kier alpha value is -4.42. The van der Waals surface area contributed by atoms with Crippen molar-refractivity contribution in [1.82, 2.24) is 31.3 Å². The molecule has 0 heterocycles. The van der Waals surface area contributed by atoms with E-state index in [0.29, 0.717) is 24.8 Å². The van der Waals surface area contributed by atoms with Crippen molar-refractivity contribution in [2.75, 3.05) is 12.8 Å². The van der Waals surface area contributed by atoms with Gasteiger partial charge in [0.2, 0.25) is 39.4 Å². The van der Waals surface area contributed by atoms with Crippen molar-refractivity contribution >= 4 is 51.3 Å². The Morgan fingerprint density at radius 2 is 1.47 bits per heavy atom. The highest BCUT2D eigenvalue weighted by molar-refractivity contribution is 7.88. The highest BCUT2D eigenvalue weighted by Crippen LogP contribution is 2.33. The second-order valence-electron chi connectivity index (χ2n) is 14.9. The number of carbonyl (C=O) groups excluding carboxylic acids is 6. The molecule has 0 aromatic heterocycles. The van der Waals surface area contributed by atoms with Crippen molar-refractivity contribution in [1.29, 1.82) is 0 Å². The van der Waals surface area contributed by atoms with Crippen molar-refractivity contribution in [2.45, 2.75) is 128 Å². The summed E-state index contributed by atoms with van der Waals surface area (Å²) in [7, 11) is -3.89. The lowest BCUT2D eigenvalue weighted by atomic mass is 9.74. The Balaban J connectivity index is 2.25. The topological polar surface area (TPSA) is 266 Å². The van der Waals surface area contributed by atoms with Crippen LogP contribution in [0.1, 0.15) is 104 Å². The van der Waals surface area contributed by atoms with Crippen LogP contribution in [0.5, 0.6) is 0 Å². The first-order valence-electron chi connectivity index (χ1n) is 18.7. The molecule has 308 valence electrons. The summed E-state index contributed by atoms with van der Waals surface area (Å²) < 4.78 is 26.4. The third kappa shape index (κ3) is 15.3. The fraction of sp³-hybridized carbons (Fsp3) is 0.649. The molecular weight excluding hydrogens is 737 g/mol. The van der Waals surface area contributed by atoms with Gasteiger partial charge in [-0.2, -0.15) is 0 Å². The number of aliphatic hydroxyl groups excluding tert-OH is 1. The molecule has 2 rings (SSSR count). The van der Waals surface area contributed by atoms with E-state index < -0.39 is 93.7 Å². The van der Waals surface area contributed by atoms with Gasteiger partial charge in [0, 0.05) is 0 Å². The van der Waals surface area contributed by atoms with Crippen molar-refractivity contribution in [2.24, 2.45) is 11.8 Å². The van der Waals surface area contributed by atoms with Crippen LogP contribution in [-0.4, -0.2) is 102 Å². The Morgan fingerprint density at radius 1 is 0.855 bits per heavy atom. The predicted molar refractivity (Wildman–Crippen MR) is 202 cm³/mol. The first-order valence-corrected chi connectivity index (χ1v) is 20.5. The number of hydrogen-bond acceptors (Lipinski definition) is 10. The van der Waals surface area contributed by atoms with Gasteiger partial charge in [-0.1, -0.05) is 76.8 Å².